The number of carbonyl (C=O) groups excluding carboxylic acids is 1. The summed E-state index contributed by atoms with van der Waals surface area (Å²) in [7, 11) is 2.01. The summed E-state index contributed by atoms with van der Waals surface area (Å²) in [5.41, 5.74) is -0.393. The third-order valence-electron chi connectivity index (χ3n) is 3.23. The van der Waals surface area contributed by atoms with Gasteiger partial charge in [-0.25, -0.2) is 4.79 Å². The van der Waals surface area contributed by atoms with E-state index in [1.165, 1.54) is 0 Å². The van der Waals surface area contributed by atoms with Gasteiger partial charge in [-0.3, -0.25) is 0 Å². The molecule has 0 radical (unpaired) electrons. The van der Waals surface area contributed by atoms with Crippen LogP contribution in [0, 0.1) is 0 Å². The molecule has 0 aromatic rings. The third-order valence-corrected chi connectivity index (χ3v) is 4.83. The molecule has 0 aliphatic carbocycles. The van der Waals surface area contributed by atoms with Crippen LogP contribution < -0.4 is 5.32 Å². The highest BCUT2D eigenvalue weighted by Crippen LogP contribution is 2.45. The lowest BCUT2D eigenvalue weighted by Gasteiger charge is -2.47. The molecule has 2 aliphatic heterocycles. The summed E-state index contributed by atoms with van der Waals surface area (Å²) in [6, 6.07) is 0.598. The summed E-state index contributed by atoms with van der Waals surface area (Å²) in [5.74, 6) is 1.15. The Hall–Kier alpha value is -0.420. The van der Waals surface area contributed by atoms with Crippen LogP contribution in [0.25, 0.3) is 0 Å². The zero-order valence-electron chi connectivity index (χ0n) is 11.1. The summed E-state index contributed by atoms with van der Waals surface area (Å²) in [6.07, 6.45) is 0.990. The first-order chi connectivity index (χ1) is 7.84. The lowest BCUT2D eigenvalue weighted by molar-refractivity contribution is 0.00393. The fourth-order valence-corrected chi connectivity index (χ4v) is 4.01. The van der Waals surface area contributed by atoms with E-state index in [0.29, 0.717) is 10.8 Å². The first kappa shape index (κ1) is 13.0. The maximum absolute atomic E-state index is 11.8. The molecule has 1 unspecified atom stereocenters. The second-order valence-corrected chi connectivity index (χ2v) is 7.51. The van der Waals surface area contributed by atoms with Gasteiger partial charge in [0.2, 0.25) is 0 Å². The quantitative estimate of drug-likeness (QED) is 0.777. The Morgan fingerprint density at radius 2 is 2.12 bits per heavy atom. The number of nitrogens with one attached hydrogen (secondary N) is 1. The maximum Gasteiger partial charge on any atom is 0.410 e. The minimum atomic E-state index is -0.393. The number of ether oxygens (including phenoxy) is 1. The predicted octanol–water partition coefficient (Wildman–Crippen LogP) is 1.70. The number of carbonyl (C=O) groups is 1. The van der Waals surface area contributed by atoms with Crippen LogP contribution in [-0.2, 0) is 4.74 Å². The number of likely N-dealkylation sites (tertiary alicyclic amines) is 1. The minimum absolute atomic E-state index is 0.170. The first-order valence-corrected chi connectivity index (χ1v) is 7.11. The van der Waals surface area contributed by atoms with Gasteiger partial charge in [0.25, 0.3) is 0 Å². The maximum atomic E-state index is 11.8. The van der Waals surface area contributed by atoms with Crippen molar-refractivity contribution >= 4 is 17.9 Å². The molecule has 1 spiro atoms. The fourth-order valence-electron chi connectivity index (χ4n) is 2.35. The van der Waals surface area contributed by atoms with Gasteiger partial charge in [-0.1, -0.05) is 0 Å². The molecule has 98 valence electrons. The zero-order chi connectivity index (χ0) is 12.7. The van der Waals surface area contributed by atoms with Crippen LogP contribution in [0.5, 0.6) is 0 Å². The molecule has 0 bridgehead atoms. The van der Waals surface area contributed by atoms with Crippen LogP contribution in [0.4, 0.5) is 4.79 Å². The molecule has 0 saturated carbocycles. The first-order valence-electron chi connectivity index (χ1n) is 6.13. The van der Waals surface area contributed by atoms with Crippen molar-refractivity contribution in [1.29, 1.82) is 0 Å². The average molecular weight is 258 g/mol. The fraction of sp³-hybridized carbons (Fsp3) is 0.917. The van der Waals surface area contributed by atoms with Crippen LogP contribution in [-0.4, -0.2) is 53.3 Å². The Kier molecular flexibility index (Phi) is 3.34. The lowest BCUT2D eigenvalue weighted by atomic mass is 9.92. The van der Waals surface area contributed by atoms with Crippen LogP contribution in [0.1, 0.15) is 27.2 Å². The van der Waals surface area contributed by atoms with E-state index < -0.39 is 5.60 Å². The van der Waals surface area contributed by atoms with Gasteiger partial charge in [-0.15, -0.1) is 11.8 Å². The van der Waals surface area contributed by atoms with Crippen molar-refractivity contribution in [3.8, 4) is 0 Å². The summed E-state index contributed by atoms with van der Waals surface area (Å²) in [6.45, 7) is 7.39. The van der Waals surface area contributed by atoms with Crippen LogP contribution >= 0.6 is 11.8 Å². The zero-order valence-corrected chi connectivity index (χ0v) is 11.9. The van der Waals surface area contributed by atoms with Crippen molar-refractivity contribution in [2.45, 2.75) is 43.6 Å². The number of rotatable bonds is 1. The minimum Gasteiger partial charge on any atom is -0.444 e. The van der Waals surface area contributed by atoms with Crippen molar-refractivity contribution in [2.75, 3.05) is 25.9 Å². The molecule has 17 heavy (non-hydrogen) atoms. The standard InChI is InChI=1S/C12H22N2O2S/c1-11(2,3)16-10(15)14-7-12(8-14)5-9(13-4)6-17-12/h9,13H,5-8H2,1-4H3. The second-order valence-electron chi connectivity index (χ2n) is 6.02. The molecular formula is C12H22N2O2S. The van der Waals surface area contributed by atoms with Crippen molar-refractivity contribution in [2.24, 2.45) is 0 Å². The molecule has 2 aliphatic rings. The highest BCUT2D eigenvalue weighted by molar-refractivity contribution is 8.01. The molecule has 0 aromatic heterocycles. The molecule has 2 saturated heterocycles. The van der Waals surface area contributed by atoms with Gasteiger partial charge in [0.05, 0.1) is 4.75 Å². The SMILES string of the molecule is CNC1CSC2(C1)CN(C(=O)OC(C)(C)C)C2. The Balaban J connectivity index is 1.81. The third kappa shape index (κ3) is 2.88. The van der Waals surface area contributed by atoms with Crippen molar-refractivity contribution < 1.29 is 9.53 Å². The number of hydrogen-bond acceptors (Lipinski definition) is 4. The predicted molar refractivity (Wildman–Crippen MR) is 70.5 cm³/mol. The van der Waals surface area contributed by atoms with E-state index in [0.717, 1.165) is 25.3 Å². The second kappa shape index (κ2) is 4.35. The normalized spacial score (nSPS) is 27.1. The molecule has 1 atom stereocenters. The summed E-state index contributed by atoms with van der Waals surface area (Å²) in [5, 5.41) is 3.31. The van der Waals surface area contributed by atoms with Gasteiger partial charge in [0.1, 0.15) is 5.60 Å². The molecule has 2 fully saturated rings. The molecule has 4 nitrogen and oxygen atoms in total. The van der Waals surface area contributed by atoms with Gasteiger partial charge < -0.3 is 15.0 Å². The van der Waals surface area contributed by atoms with Gasteiger partial charge in [-0.05, 0) is 34.2 Å². The topological polar surface area (TPSA) is 41.6 Å². The Labute approximate surface area is 107 Å². The number of thioether (sulfide) groups is 1. The van der Waals surface area contributed by atoms with E-state index in [1.807, 2.05) is 44.5 Å². The highest BCUT2D eigenvalue weighted by Gasteiger charge is 2.51. The van der Waals surface area contributed by atoms with E-state index in [-0.39, 0.29) is 6.09 Å². The van der Waals surface area contributed by atoms with Gasteiger partial charge in [0, 0.05) is 24.9 Å². The molecule has 0 aromatic carbocycles. The van der Waals surface area contributed by atoms with Crippen molar-refractivity contribution in [3.05, 3.63) is 0 Å². The van der Waals surface area contributed by atoms with E-state index in [4.69, 9.17) is 4.74 Å². The molecule has 2 heterocycles. The van der Waals surface area contributed by atoms with Gasteiger partial charge in [-0.2, -0.15) is 0 Å². The molecule has 2 rings (SSSR count). The van der Waals surface area contributed by atoms with Crippen LogP contribution in [0.2, 0.25) is 0 Å². The Morgan fingerprint density at radius 1 is 1.47 bits per heavy atom. The molecule has 1 N–H and O–H groups in total. The molecule has 5 heteroatoms. The number of amides is 1. The van der Waals surface area contributed by atoms with Crippen molar-refractivity contribution in [3.63, 3.8) is 0 Å². The summed E-state index contributed by atoms with van der Waals surface area (Å²) >= 11 is 1.99. The molecule has 1 amide bonds. The smallest absolute Gasteiger partial charge is 0.410 e. The van der Waals surface area contributed by atoms with E-state index in [9.17, 15) is 4.79 Å². The highest BCUT2D eigenvalue weighted by atomic mass is 32.2. The largest absolute Gasteiger partial charge is 0.444 e. The Morgan fingerprint density at radius 3 is 2.59 bits per heavy atom. The van der Waals surface area contributed by atoms with Crippen LogP contribution in [0.3, 0.4) is 0 Å². The monoisotopic (exact) mass is 258 g/mol. The van der Waals surface area contributed by atoms with E-state index in [2.05, 4.69) is 5.32 Å². The Bertz CT molecular complexity index is 308. The van der Waals surface area contributed by atoms with Crippen LogP contribution in [0.15, 0.2) is 0 Å². The van der Waals surface area contributed by atoms with Gasteiger partial charge in [0.15, 0.2) is 0 Å². The molecular weight excluding hydrogens is 236 g/mol. The average Bonchev–Trinajstić information content (AvgIpc) is 2.56. The van der Waals surface area contributed by atoms with Gasteiger partial charge >= 0.3 is 6.09 Å². The summed E-state index contributed by atoms with van der Waals surface area (Å²) < 4.78 is 5.66. The number of hydrogen-bond donors (Lipinski definition) is 1. The summed E-state index contributed by atoms with van der Waals surface area (Å²) in [4.78, 5) is 13.6. The lowest BCUT2D eigenvalue weighted by Crippen LogP contribution is -2.61. The van der Waals surface area contributed by atoms with Crippen molar-refractivity contribution in [1.82, 2.24) is 10.2 Å². The number of nitrogens with zero attached hydrogens (tertiary/aromatic N) is 1. The van der Waals surface area contributed by atoms with E-state index in [1.54, 1.807) is 0 Å². The van der Waals surface area contributed by atoms with E-state index >= 15 is 0 Å².